The maximum atomic E-state index is 14.4. The van der Waals surface area contributed by atoms with Crippen LogP contribution in [0.5, 0.6) is 5.75 Å². The zero-order valence-corrected chi connectivity index (χ0v) is 17.3. The van der Waals surface area contributed by atoms with E-state index < -0.39 is 5.54 Å². The number of hydrogen-bond acceptors (Lipinski definition) is 4. The number of amides is 2. The number of nitrogens with one attached hydrogen (secondary N) is 1. The van der Waals surface area contributed by atoms with Gasteiger partial charge in [0, 0.05) is 36.3 Å². The van der Waals surface area contributed by atoms with Gasteiger partial charge in [-0.3, -0.25) is 9.59 Å². The van der Waals surface area contributed by atoms with Crippen LogP contribution in [0.15, 0.2) is 29.6 Å². The quantitative estimate of drug-likeness (QED) is 0.785. The Labute approximate surface area is 173 Å². The number of fused-ring (bicyclic) bond motifs is 1. The molecule has 3 heterocycles. The maximum absolute atomic E-state index is 14.4. The van der Waals surface area contributed by atoms with Crippen molar-refractivity contribution in [3.63, 3.8) is 0 Å². The predicted octanol–water partition coefficient (Wildman–Crippen LogP) is 3.45. The average molecular weight is 417 g/mol. The van der Waals surface area contributed by atoms with Gasteiger partial charge in [0.25, 0.3) is 0 Å². The van der Waals surface area contributed by atoms with E-state index in [4.69, 9.17) is 4.74 Å². The van der Waals surface area contributed by atoms with Gasteiger partial charge in [-0.15, -0.1) is 11.3 Å². The minimum atomic E-state index is -0.594. The summed E-state index contributed by atoms with van der Waals surface area (Å²) in [5, 5.41) is 5.11. The van der Waals surface area contributed by atoms with E-state index in [1.54, 1.807) is 30.6 Å². The number of thiophene rings is 1. The number of methoxy groups -OCH3 is 1. The molecule has 2 aliphatic heterocycles. The molecule has 154 valence electrons. The molecule has 0 spiro atoms. The molecule has 2 aromatic rings. The van der Waals surface area contributed by atoms with E-state index in [1.807, 2.05) is 4.90 Å². The van der Waals surface area contributed by atoms with Crippen LogP contribution in [0.4, 0.5) is 4.39 Å². The van der Waals surface area contributed by atoms with E-state index in [0.717, 1.165) is 13.0 Å². The van der Waals surface area contributed by atoms with Crippen molar-refractivity contribution in [2.24, 2.45) is 0 Å². The van der Waals surface area contributed by atoms with Crippen LogP contribution in [-0.2, 0) is 29.0 Å². The molecule has 0 bridgehead atoms. The van der Waals surface area contributed by atoms with Crippen LogP contribution < -0.4 is 10.1 Å². The molecule has 1 atom stereocenters. The number of ether oxygens (including phenoxy) is 1. The third-order valence-corrected chi connectivity index (χ3v) is 7.02. The van der Waals surface area contributed by atoms with E-state index in [9.17, 15) is 14.0 Å². The fourth-order valence-corrected chi connectivity index (χ4v) is 5.22. The Hall–Kier alpha value is -2.41. The molecule has 0 radical (unpaired) electrons. The van der Waals surface area contributed by atoms with Gasteiger partial charge >= 0.3 is 0 Å². The van der Waals surface area contributed by atoms with Crippen molar-refractivity contribution in [2.45, 2.75) is 50.6 Å². The molecule has 29 heavy (non-hydrogen) atoms. The molecule has 1 saturated heterocycles. The highest BCUT2D eigenvalue weighted by atomic mass is 32.1. The molecule has 2 aliphatic rings. The van der Waals surface area contributed by atoms with E-state index in [-0.39, 0.29) is 17.6 Å². The van der Waals surface area contributed by atoms with E-state index >= 15 is 0 Å². The first-order chi connectivity index (χ1) is 14.0. The van der Waals surface area contributed by atoms with Gasteiger partial charge in [-0.25, -0.2) is 4.39 Å². The summed E-state index contributed by atoms with van der Waals surface area (Å²) in [6.07, 6.45) is 3.10. The molecular formula is C22H25FN2O3S. The highest BCUT2D eigenvalue weighted by molar-refractivity contribution is 7.10. The normalized spacial score (nSPS) is 21.0. The van der Waals surface area contributed by atoms with Crippen molar-refractivity contribution in [3.8, 4) is 5.75 Å². The zero-order valence-electron chi connectivity index (χ0n) is 16.5. The molecule has 5 nitrogen and oxygen atoms in total. The third kappa shape index (κ3) is 4.29. The highest BCUT2D eigenvalue weighted by Crippen LogP contribution is 2.32. The molecule has 0 aliphatic carbocycles. The molecule has 7 heteroatoms. The number of carbonyl (C=O) groups excluding carboxylic acids is 2. The largest absolute Gasteiger partial charge is 0.497 e. The topological polar surface area (TPSA) is 58.6 Å². The third-order valence-electron chi connectivity index (χ3n) is 5.99. The maximum Gasteiger partial charge on any atom is 0.222 e. The van der Waals surface area contributed by atoms with E-state index in [2.05, 4.69) is 16.8 Å². The monoisotopic (exact) mass is 416 g/mol. The second kappa shape index (κ2) is 8.14. The van der Waals surface area contributed by atoms with Gasteiger partial charge in [0.2, 0.25) is 11.8 Å². The lowest BCUT2D eigenvalue weighted by Gasteiger charge is -2.32. The first kappa shape index (κ1) is 19.9. The molecule has 1 aromatic carbocycles. The van der Waals surface area contributed by atoms with Gasteiger partial charge in [0.15, 0.2) is 0 Å². The Balaban J connectivity index is 1.45. The lowest BCUT2D eigenvalue weighted by atomic mass is 9.84. The van der Waals surface area contributed by atoms with Crippen molar-refractivity contribution in [2.75, 3.05) is 13.7 Å². The van der Waals surface area contributed by atoms with Crippen LogP contribution in [0.1, 0.15) is 41.7 Å². The summed E-state index contributed by atoms with van der Waals surface area (Å²) >= 11 is 1.75. The summed E-state index contributed by atoms with van der Waals surface area (Å²) in [4.78, 5) is 28.1. The van der Waals surface area contributed by atoms with Gasteiger partial charge in [0.1, 0.15) is 11.6 Å². The predicted molar refractivity (Wildman–Crippen MR) is 109 cm³/mol. The van der Waals surface area contributed by atoms with Crippen LogP contribution in [0.2, 0.25) is 0 Å². The van der Waals surface area contributed by atoms with Crippen molar-refractivity contribution >= 4 is 23.2 Å². The summed E-state index contributed by atoms with van der Waals surface area (Å²) in [5.41, 5.74) is 1.14. The molecule has 4 rings (SSSR count). The van der Waals surface area contributed by atoms with Crippen LogP contribution in [0, 0.1) is 5.82 Å². The Kier molecular flexibility index (Phi) is 5.58. The Bertz CT molecular complexity index is 929. The summed E-state index contributed by atoms with van der Waals surface area (Å²) in [5.74, 6) is 0.311. The SMILES string of the molecule is COc1ccc(F)c(C[C@]2(CCC(=O)N3CCc4sccc4C3)CCC(=O)N2)c1. The van der Waals surface area contributed by atoms with Crippen molar-refractivity contribution in [1.82, 2.24) is 10.2 Å². The average Bonchev–Trinajstić information content (AvgIpc) is 3.34. The molecule has 1 N–H and O–H groups in total. The van der Waals surface area contributed by atoms with Crippen LogP contribution >= 0.6 is 11.3 Å². The second-order valence-corrected chi connectivity index (χ2v) is 8.90. The fourth-order valence-electron chi connectivity index (χ4n) is 4.33. The molecule has 0 unspecified atom stereocenters. The number of benzene rings is 1. The molecule has 2 amide bonds. The fraction of sp³-hybridized carbons (Fsp3) is 0.455. The Morgan fingerprint density at radius 2 is 2.21 bits per heavy atom. The second-order valence-electron chi connectivity index (χ2n) is 7.90. The zero-order chi connectivity index (χ0) is 20.4. The van der Waals surface area contributed by atoms with Crippen molar-refractivity contribution < 1.29 is 18.7 Å². The van der Waals surface area contributed by atoms with Gasteiger partial charge < -0.3 is 15.0 Å². The van der Waals surface area contributed by atoms with E-state index in [1.165, 1.54) is 16.5 Å². The van der Waals surface area contributed by atoms with Gasteiger partial charge in [0.05, 0.1) is 7.11 Å². The minimum Gasteiger partial charge on any atom is -0.497 e. The summed E-state index contributed by atoms with van der Waals surface area (Å²) < 4.78 is 19.6. The van der Waals surface area contributed by atoms with Crippen molar-refractivity contribution in [1.29, 1.82) is 0 Å². The Morgan fingerprint density at radius 1 is 1.34 bits per heavy atom. The molecule has 1 fully saturated rings. The molecule has 1 aromatic heterocycles. The molecular weight excluding hydrogens is 391 g/mol. The summed E-state index contributed by atoms with van der Waals surface area (Å²) in [7, 11) is 1.54. The summed E-state index contributed by atoms with van der Waals surface area (Å²) in [6.45, 7) is 1.39. The number of nitrogens with zero attached hydrogens (tertiary/aromatic N) is 1. The Morgan fingerprint density at radius 3 is 2.97 bits per heavy atom. The van der Waals surface area contributed by atoms with E-state index in [0.29, 0.717) is 50.0 Å². The van der Waals surface area contributed by atoms with Crippen molar-refractivity contribution in [3.05, 3.63) is 51.5 Å². The first-order valence-electron chi connectivity index (χ1n) is 9.94. The van der Waals surface area contributed by atoms with Crippen LogP contribution in [0.3, 0.4) is 0 Å². The van der Waals surface area contributed by atoms with Gasteiger partial charge in [-0.05, 0) is 66.5 Å². The number of halogens is 1. The number of carbonyl (C=O) groups is 2. The minimum absolute atomic E-state index is 0.0401. The van der Waals surface area contributed by atoms with Gasteiger partial charge in [-0.2, -0.15) is 0 Å². The summed E-state index contributed by atoms with van der Waals surface area (Å²) in [6, 6.07) is 6.73. The van der Waals surface area contributed by atoms with Crippen LogP contribution in [0.25, 0.3) is 0 Å². The number of rotatable bonds is 6. The number of hydrogen-bond donors (Lipinski definition) is 1. The smallest absolute Gasteiger partial charge is 0.222 e. The highest BCUT2D eigenvalue weighted by Gasteiger charge is 2.39. The first-order valence-corrected chi connectivity index (χ1v) is 10.8. The van der Waals surface area contributed by atoms with Crippen LogP contribution in [-0.4, -0.2) is 35.9 Å². The lowest BCUT2D eigenvalue weighted by molar-refractivity contribution is -0.132. The lowest BCUT2D eigenvalue weighted by Crippen LogP contribution is -2.45. The van der Waals surface area contributed by atoms with Gasteiger partial charge in [-0.1, -0.05) is 0 Å². The molecule has 0 saturated carbocycles. The standard InChI is InChI=1S/C22H25FN2O3S/c1-28-17-2-3-18(23)16(12-17)13-22(8-4-20(26)24-22)9-5-21(27)25-10-6-19-15(14-25)7-11-29-19/h2-3,7,11-12H,4-6,8-10,13-14H2,1H3,(H,24,26)/t22-/m1/s1.